The topological polar surface area (TPSA) is 98.0 Å². The first kappa shape index (κ1) is 24.4. The Morgan fingerprint density at radius 2 is 1.28 bits per heavy atom. The van der Waals surface area contributed by atoms with E-state index >= 15 is 0 Å². The van der Waals surface area contributed by atoms with Crippen LogP contribution in [0.15, 0.2) is 0 Å². The highest BCUT2D eigenvalue weighted by atomic mass is 16.4. The van der Waals surface area contributed by atoms with Crippen molar-refractivity contribution < 1.29 is 25.2 Å². The number of aliphatic hydroxyl groups excluding tert-OH is 3. The molecule has 0 aromatic heterocycles. The van der Waals surface area contributed by atoms with Gasteiger partial charge in [0.25, 0.3) is 0 Å². The van der Waals surface area contributed by atoms with E-state index in [4.69, 9.17) is 5.11 Å². The second-order valence-electron chi connectivity index (χ2n) is 7.23. The minimum Gasteiger partial charge on any atom is -0.481 e. The maximum absolute atomic E-state index is 11.2. The fraction of sp³-hybridized carbons (Fsp3) is 0.950. The number of unbranched alkanes of at least 4 members (excludes halogenated alkanes) is 7. The molecule has 0 spiro atoms. The van der Waals surface area contributed by atoms with Gasteiger partial charge in [-0.25, -0.2) is 0 Å². The molecule has 0 fully saturated rings. The van der Waals surface area contributed by atoms with Crippen molar-refractivity contribution in [3.8, 4) is 0 Å². The van der Waals surface area contributed by atoms with E-state index in [1.807, 2.05) is 0 Å². The van der Waals surface area contributed by atoms with E-state index in [0.29, 0.717) is 19.3 Å². The van der Waals surface area contributed by atoms with E-state index in [0.717, 1.165) is 44.9 Å². The van der Waals surface area contributed by atoms with Crippen molar-refractivity contribution in [2.24, 2.45) is 5.92 Å². The highest BCUT2D eigenvalue weighted by Crippen LogP contribution is 2.19. The molecule has 0 aromatic rings. The van der Waals surface area contributed by atoms with Crippen molar-refractivity contribution in [3.63, 3.8) is 0 Å². The lowest BCUT2D eigenvalue weighted by Crippen LogP contribution is -2.28. The Bertz CT molecular complexity index is 308. The fourth-order valence-electron chi connectivity index (χ4n) is 3.21. The van der Waals surface area contributed by atoms with E-state index in [2.05, 4.69) is 6.92 Å². The molecule has 0 heterocycles. The number of hydrogen-bond acceptors (Lipinski definition) is 4. The number of aliphatic hydroxyl groups is 3. The molecule has 0 rings (SSSR count). The van der Waals surface area contributed by atoms with Crippen LogP contribution in [-0.4, -0.2) is 45.2 Å². The zero-order valence-electron chi connectivity index (χ0n) is 16.0. The van der Waals surface area contributed by atoms with Gasteiger partial charge >= 0.3 is 5.97 Å². The van der Waals surface area contributed by atoms with Crippen LogP contribution in [0.1, 0.15) is 96.8 Å². The van der Waals surface area contributed by atoms with Gasteiger partial charge in [0.1, 0.15) is 0 Å². The quantitative estimate of drug-likeness (QED) is 0.278. The second kappa shape index (κ2) is 16.8. The summed E-state index contributed by atoms with van der Waals surface area (Å²) >= 11 is 0. The van der Waals surface area contributed by atoms with E-state index in [1.54, 1.807) is 0 Å². The number of carboxylic acids is 1. The minimum absolute atomic E-state index is 0.0235. The minimum atomic E-state index is -0.955. The van der Waals surface area contributed by atoms with Gasteiger partial charge in [0.2, 0.25) is 0 Å². The molecule has 0 saturated carbocycles. The highest BCUT2D eigenvalue weighted by molar-refractivity contribution is 5.70. The molecule has 0 amide bonds. The van der Waals surface area contributed by atoms with Gasteiger partial charge < -0.3 is 20.4 Å². The molecule has 0 aliphatic rings. The molecule has 0 unspecified atom stereocenters. The van der Waals surface area contributed by atoms with Gasteiger partial charge in [-0.15, -0.1) is 0 Å². The largest absolute Gasteiger partial charge is 0.481 e. The summed E-state index contributed by atoms with van der Waals surface area (Å²) in [5, 5.41) is 37.8. The summed E-state index contributed by atoms with van der Waals surface area (Å²) in [6, 6.07) is 0. The van der Waals surface area contributed by atoms with Crippen LogP contribution in [0.25, 0.3) is 0 Å². The van der Waals surface area contributed by atoms with E-state index in [9.17, 15) is 20.1 Å². The van der Waals surface area contributed by atoms with Crippen LogP contribution in [0.3, 0.4) is 0 Å². The van der Waals surface area contributed by atoms with Crippen molar-refractivity contribution in [1.82, 2.24) is 0 Å². The second-order valence-corrected chi connectivity index (χ2v) is 7.23. The smallest absolute Gasteiger partial charge is 0.309 e. The van der Waals surface area contributed by atoms with Crippen LogP contribution in [0.4, 0.5) is 0 Å². The van der Waals surface area contributed by atoms with E-state index in [-0.39, 0.29) is 12.7 Å². The van der Waals surface area contributed by atoms with Gasteiger partial charge in [-0.1, -0.05) is 64.7 Å². The number of rotatable bonds is 18. The Labute approximate surface area is 153 Å². The van der Waals surface area contributed by atoms with Crippen molar-refractivity contribution in [2.75, 3.05) is 6.61 Å². The summed E-state index contributed by atoms with van der Waals surface area (Å²) in [6.07, 6.45) is 11.6. The van der Waals surface area contributed by atoms with Crippen LogP contribution >= 0.6 is 0 Å². The predicted octanol–water partition coefficient (Wildman–Crippen LogP) is 3.88. The summed E-state index contributed by atoms with van der Waals surface area (Å²) in [7, 11) is 0. The maximum atomic E-state index is 11.2. The summed E-state index contributed by atoms with van der Waals surface area (Å²) in [5.74, 6) is -1.69. The molecule has 0 aliphatic carbocycles. The van der Waals surface area contributed by atoms with Crippen molar-refractivity contribution in [3.05, 3.63) is 0 Å². The fourth-order valence-corrected chi connectivity index (χ4v) is 3.21. The summed E-state index contributed by atoms with van der Waals surface area (Å²) in [4.78, 5) is 11.2. The Balaban J connectivity index is 3.66. The molecule has 4 N–H and O–H groups in total. The van der Waals surface area contributed by atoms with Gasteiger partial charge in [0, 0.05) is 6.61 Å². The Morgan fingerprint density at radius 1 is 0.760 bits per heavy atom. The molecule has 0 aromatic carbocycles. The SMILES string of the molecule is CCCCCCC[C@H](O)CCCCCC[C@H](C(=O)O)[C@H](O)CCCO. The maximum Gasteiger partial charge on any atom is 0.309 e. The highest BCUT2D eigenvalue weighted by Gasteiger charge is 2.25. The summed E-state index contributed by atoms with van der Waals surface area (Å²) in [5.41, 5.74) is 0. The molecule has 0 bridgehead atoms. The molecule has 3 atom stereocenters. The van der Waals surface area contributed by atoms with Gasteiger partial charge in [-0.3, -0.25) is 4.79 Å². The van der Waals surface area contributed by atoms with Crippen LogP contribution in [0.2, 0.25) is 0 Å². The number of aliphatic carboxylic acids is 1. The normalized spacial score (nSPS) is 15.0. The van der Waals surface area contributed by atoms with Crippen LogP contribution in [0.5, 0.6) is 0 Å². The third-order valence-electron chi connectivity index (χ3n) is 4.88. The molecule has 0 aliphatic heterocycles. The lowest BCUT2D eigenvalue weighted by Gasteiger charge is -2.18. The summed E-state index contributed by atoms with van der Waals surface area (Å²) < 4.78 is 0. The lowest BCUT2D eigenvalue weighted by molar-refractivity contribution is -0.146. The number of carbonyl (C=O) groups is 1. The first-order valence-electron chi connectivity index (χ1n) is 10.2. The number of hydrogen-bond donors (Lipinski definition) is 4. The van der Waals surface area contributed by atoms with Crippen molar-refractivity contribution in [2.45, 2.75) is 109 Å². The first-order valence-corrected chi connectivity index (χ1v) is 10.2. The van der Waals surface area contributed by atoms with Crippen molar-refractivity contribution >= 4 is 5.97 Å². The van der Waals surface area contributed by atoms with Crippen LogP contribution in [0, 0.1) is 5.92 Å². The molecule has 0 saturated heterocycles. The average Bonchev–Trinajstić information content (AvgIpc) is 2.58. The van der Waals surface area contributed by atoms with E-state index in [1.165, 1.54) is 25.7 Å². The third-order valence-corrected chi connectivity index (χ3v) is 4.88. The van der Waals surface area contributed by atoms with Gasteiger partial charge in [0.05, 0.1) is 18.1 Å². The lowest BCUT2D eigenvalue weighted by atomic mass is 9.92. The molecule has 5 nitrogen and oxygen atoms in total. The first-order chi connectivity index (χ1) is 12.0. The van der Waals surface area contributed by atoms with Gasteiger partial charge in [-0.05, 0) is 32.1 Å². The zero-order chi connectivity index (χ0) is 18.9. The Morgan fingerprint density at radius 3 is 1.76 bits per heavy atom. The average molecular weight is 361 g/mol. The van der Waals surface area contributed by atoms with Crippen molar-refractivity contribution in [1.29, 1.82) is 0 Å². The Hall–Kier alpha value is -0.650. The van der Waals surface area contributed by atoms with E-state index < -0.39 is 18.0 Å². The summed E-state index contributed by atoms with van der Waals surface area (Å²) in [6.45, 7) is 2.17. The molecule has 150 valence electrons. The molecule has 0 radical (unpaired) electrons. The number of carboxylic acid groups (broad SMARTS) is 1. The van der Waals surface area contributed by atoms with Gasteiger partial charge in [0.15, 0.2) is 0 Å². The predicted molar refractivity (Wildman–Crippen MR) is 101 cm³/mol. The molecular weight excluding hydrogens is 320 g/mol. The Kier molecular flexibility index (Phi) is 16.4. The van der Waals surface area contributed by atoms with Crippen LogP contribution in [-0.2, 0) is 4.79 Å². The van der Waals surface area contributed by atoms with Crippen LogP contribution < -0.4 is 0 Å². The zero-order valence-corrected chi connectivity index (χ0v) is 16.0. The molecule has 25 heavy (non-hydrogen) atoms. The van der Waals surface area contributed by atoms with Gasteiger partial charge in [-0.2, -0.15) is 0 Å². The monoisotopic (exact) mass is 360 g/mol. The standard InChI is InChI=1S/C20H40O5/c1-2-3-4-5-8-12-17(22)13-9-6-7-10-14-18(20(24)25)19(23)15-11-16-21/h17-19,21-23H,2-16H2,1H3,(H,24,25)/t17-,18-,19+/m0/s1. The molecule has 5 heteroatoms. The molecular formula is C20H40O5. The third kappa shape index (κ3) is 14.2.